The van der Waals surface area contributed by atoms with E-state index in [4.69, 9.17) is 11.5 Å². The van der Waals surface area contributed by atoms with Crippen molar-refractivity contribution in [2.24, 2.45) is 11.5 Å². The van der Waals surface area contributed by atoms with E-state index in [0.717, 1.165) is 0 Å². The standard InChI is InChI=1S/C22H31N5O8/c1-11(28)18(24)20(32)25-14(9-12-4-6-13(29)7-5-12)21(33)27-8-2-3-16(27)19(31)26-15(22(34)35)10-17(23)30/h4-7,11,14-16,18,28-29H,2-3,8-10,24H2,1H3,(H2,23,30)(H,25,32)(H,26,31)(H,34,35)/p-1/t11-,14+,15+,16+,18+/m1/s1. The van der Waals surface area contributed by atoms with Crippen molar-refractivity contribution in [3.05, 3.63) is 29.8 Å². The fraction of sp³-hybridized carbons (Fsp3) is 0.500. The number of carboxylic acids is 1. The van der Waals surface area contributed by atoms with Crippen LogP contribution in [-0.4, -0.2) is 81.5 Å². The summed E-state index contributed by atoms with van der Waals surface area (Å²) < 4.78 is 0. The van der Waals surface area contributed by atoms with E-state index in [1.54, 1.807) is 0 Å². The van der Waals surface area contributed by atoms with Crippen LogP contribution in [0.4, 0.5) is 0 Å². The van der Waals surface area contributed by atoms with Crippen molar-refractivity contribution in [1.29, 1.82) is 0 Å². The molecule has 1 fully saturated rings. The predicted octanol–water partition coefficient (Wildman–Crippen LogP) is -3.07. The number of carbonyl (C=O) groups is 5. The van der Waals surface area contributed by atoms with Crippen LogP contribution in [0, 0.1) is 0 Å². The van der Waals surface area contributed by atoms with Crippen LogP contribution in [0.2, 0.25) is 0 Å². The molecule has 1 aliphatic rings. The number of aliphatic hydroxyl groups excluding tert-OH is 1. The first-order valence-corrected chi connectivity index (χ1v) is 11.0. The maximum atomic E-state index is 13.4. The number of nitrogens with two attached hydrogens (primary N) is 2. The maximum absolute atomic E-state index is 13.4. The molecule has 1 saturated heterocycles. The van der Waals surface area contributed by atoms with Crippen molar-refractivity contribution >= 4 is 29.6 Å². The van der Waals surface area contributed by atoms with E-state index in [0.29, 0.717) is 12.0 Å². The molecule has 1 aliphatic heterocycles. The van der Waals surface area contributed by atoms with Gasteiger partial charge in [0.1, 0.15) is 24.2 Å². The number of hydrogen-bond acceptors (Lipinski definition) is 8. The summed E-state index contributed by atoms with van der Waals surface area (Å²) in [5.74, 6) is -4.79. The van der Waals surface area contributed by atoms with Gasteiger partial charge in [0, 0.05) is 13.0 Å². The van der Waals surface area contributed by atoms with Gasteiger partial charge in [0.25, 0.3) is 0 Å². The zero-order chi connectivity index (χ0) is 26.3. The third-order valence-electron chi connectivity index (χ3n) is 5.66. The first-order chi connectivity index (χ1) is 16.4. The predicted molar refractivity (Wildman–Crippen MR) is 119 cm³/mol. The molecule has 1 aromatic rings. The Labute approximate surface area is 201 Å². The monoisotopic (exact) mass is 492 g/mol. The number of nitrogens with one attached hydrogen (secondary N) is 2. The number of aliphatic carboxylic acids is 1. The largest absolute Gasteiger partial charge is 0.872 e. The quantitative estimate of drug-likeness (QED) is 0.184. The number of rotatable bonds is 11. The van der Waals surface area contributed by atoms with Crippen LogP contribution in [0.5, 0.6) is 5.75 Å². The minimum atomic E-state index is -1.55. The van der Waals surface area contributed by atoms with E-state index >= 15 is 0 Å². The summed E-state index contributed by atoms with van der Waals surface area (Å²) in [6, 6.07) is 0.524. The summed E-state index contributed by atoms with van der Waals surface area (Å²) in [6.07, 6.45) is -1.15. The van der Waals surface area contributed by atoms with Crippen LogP contribution >= 0.6 is 0 Å². The van der Waals surface area contributed by atoms with Crippen molar-refractivity contribution in [3.63, 3.8) is 0 Å². The molecule has 8 N–H and O–H groups in total. The maximum Gasteiger partial charge on any atom is 0.326 e. The Balaban J connectivity index is 2.24. The Bertz CT molecular complexity index is 952. The average Bonchev–Trinajstić information content (AvgIpc) is 3.28. The molecular weight excluding hydrogens is 462 g/mol. The number of benzene rings is 1. The van der Waals surface area contributed by atoms with E-state index in [-0.39, 0.29) is 25.1 Å². The Morgan fingerprint density at radius 1 is 1.14 bits per heavy atom. The van der Waals surface area contributed by atoms with Gasteiger partial charge in [-0.1, -0.05) is 24.3 Å². The van der Waals surface area contributed by atoms with Crippen LogP contribution in [0.25, 0.3) is 0 Å². The molecule has 0 aliphatic carbocycles. The molecular formula is C22H30N5O8-. The number of primary amides is 1. The molecule has 0 radical (unpaired) electrons. The van der Waals surface area contributed by atoms with Gasteiger partial charge in [0.15, 0.2) is 0 Å². The fourth-order valence-corrected chi connectivity index (χ4v) is 3.72. The lowest BCUT2D eigenvalue weighted by atomic mass is 10.0. The number of amides is 4. The molecule has 0 saturated carbocycles. The van der Waals surface area contributed by atoms with Crippen molar-refractivity contribution in [2.75, 3.05) is 6.54 Å². The van der Waals surface area contributed by atoms with Gasteiger partial charge in [-0.25, -0.2) is 4.79 Å². The molecule has 0 aromatic heterocycles. The van der Waals surface area contributed by atoms with E-state index < -0.39 is 66.3 Å². The van der Waals surface area contributed by atoms with Crippen LogP contribution in [0.1, 0.15) is 31.7 Å². The molecule has 13 nitrogen and oxygen atoms in total. The van der Waals surface area contributed by atoms with Gasteiger partial charge >= 0.3 is 5.97 Å². The number of nitrogens with zero attached hydrogens (tertiary/aromatic N) is 1. The number of hydrogen-bond donors (Lipinski definition) is 6. The molecule has 0 spiro atoms. The van der Waals surface area contributed by atoms with E-state index in [1.165, 1.54) is 36.1 Å². The second-order valence-corrected chi connectivity index (χ2v) is 8.44. The first kappa shape index (κ1) is 27.5. The number of aliphatic hydroxyl groups is 1. The van der Waals surface area contributed by atoms with Gasteiger partial charge in [-0.3, -0.25) is 19.2 Å². The Hall–Kier alpha value is -3.71. The Kier molecular flexibility index (Phi) is 9.54. The Morgan fingerprint density at radius 2 is 1.77 bits per heavy atom. The third kappa shape index (κ3) is 7.65. The van der Waals surface area contributed by atoms with Crippen molar-refractivity contribution in [3.8, 4) is 5.75 Å². The summed E-state index contributed by atoms with van der Waals surface area (Å²) in [4.78, 5) is 62.5. The molecule has 5 atom stereocenters. The van der Waals surface area contributed by atoms with E-state index in [2.05, 4.69) is 10.6 Å². The number of carboxylic acid groups (broad SMARTS) is 1. The number of carbonyl (C=O) groups excluding carboxylic acids is 4. The SMILES string of the molecule is C[C@@H](O)[C@H](N)C(=O)N[C@@H](Cc1ccc([O-])cc1)C(=O)N1CCC[C@H]1C(=O)N[C@@H](CC(N)=O)C(=O)O. The van der Waals surface area contributed by atoms with Crippen molar-refractivity contribution < 1.29 is 39.3 Å². The smallest absolute Gasteiger partial charge is 0.326 e. The van der Waals surface area contributed by atoms with Crippen molar-refractivity contribution in [2.45, 2.75) is 62.9 Å². The highest BCUT2D eigenvalue weighted by Crippen LogP contribution is 2.20. The van der Waals surface area contributed by atoms with Gasteiger partial charge in [-0.05, 0) is 25.3 Å². The lowest BCUT2D eigenvalue weighted by Crippen LogP contribution is -2.58. The highest BCUT2D eigenvalue weighted by atomic mass is 16.4. The molecule has 1 heterocycles. The minimum Gasteiger partial charge on any atom is -0.872 e. The normalized spacial score (nSPS) is 18.7. The molecule has 192 valence electrons. The summed E-state index contributed by atoms with van der Waals surface area (Å²) >= 11 is 0. The van der Waals surface area contributed by atoms with Crippen LogP contribution in [0.3, 0.4) is 0 Å². The van der Waals surface area contributed by atoms with Gasteiger partial charge in [-0.15, -0.1) is 5.75 Å². The van der Waals surface area contributed by atoms with Gasteiger partial charge in [0.05, 0.1) is 12.5 Å². The molecule has 0 unspecified atom stereocenters. The van der Waals surface area contributed by atoms with E-state index in [9.17, 15) is 39.3 Å². The topological polar surface area (TPSA) is 228 Å². The molecule has 13 heteroatoms. The summed E-state index contributed by atoms with van der Waals surface area (Å²) in [6.45, 7) is 1.48. The molecule has 0 bridgehead atoms. The summed E-state index contributed by atoms with van der Waals surface area (Å²) in [7, 11) is 0. The molecule has 1 aromatic carbocycles. The first-order valence-electron chi connectivity index (χ1n) is 11.0. The second-order valence-electron chi connectivity index (χ2n) is 8.44. The van der Waals surface area contributed by atoms with E-state index in [1.807, 2.05) is 0 Å². The second kappa shape index (κ2) is 12.1. The average molecular weight is 493 g/mol. The van der Waals surface area contributed by atoms with Crippen LogP contribution in [-0.2, 0) is 30.4 Å². The molecule has 35 heavy (non-hydrogen) atoms. The summed E-state index contributed by atoms with van der Waals surface area (Å²) in [5.41, 5.74) is 11.3. The van der Waals surface area contributed by atoms with Crippen LogP contribution in [0.15, 0.2) is 24.3 Å². The van der Waals surface area contributed by atoms with Gasteiger partial charge in [-0.2, -0.15) is 0 Å². The highest BCUT2D eigenvalue weighted by molar-refractivity contribution is 5.95. The van der Waals surface area contributed by atoms with Gasteiger partial charge in [0.2, 0.25) is 23.6 Å². The lowest BCUT2D eigenvalue weighted by Gasteiger charge is -2.30. The molecule has 4 amide bonds. The highest BCUT2D eigenvalue weighted by Gasteiger charge is 2.39. The van der Waals surface area contributed by atoms with Crippen LogP contribution < -0.4 is 27.2 Å². The Morgan fingerprint density at radius 3 is 2.31 bits per heavy atom. The zero-order valence-corrected chi connectivity index (χ0v) is 19.2. The molecule has 2 rings (SSSR count). The third-order valence-corrected chi connectivity index (χ3v) is 5.66. The van der Waals surface area contributed by atoms with Crippen molar-refractivity contribution in [1.82, 2.24) is 15.5 Å². The van der Waals surface area contributed by atoms with Gasteiger partial charge < -0.3 is 42.3 Å². The fourth-order valence-electron chi connectivity index (χ4n) is 3.72. The minimum absolute atomic E-state index is 0.0261. The summed E-state index contributed by atoms with van der Waals surface area (Å²) in [5, 5.41) is 35.0. The lowest BCUT2D eigenvalue weighted by molar-refractivity contribution is -0.268. The zero-order valence-electron chi connectivity index (χ0n) is 19.2. The number of likely N-dealkylation sites (tertiary alicyclic amines) is 1.